The molecule has 2 unspecified atom stereocenters. The number of benzene rings is 1. The standard InChI is InChI=1S/C15H23ClN2O2/c1-11(10-19)17(3)9-15(20)18(4)12(2)13-5-7-14(16)8-6-13/h5-8,11-12,19H,9-10H2,1-4H3. The van der Waals surface area contributed by atoms with E-state index in [1.165, 1.54) is 0 Å². The molecule has 5 heteroatoms. The van der Waals surface area contributed by atoms with E-state index in [2.05, 4.69) is 0 Å². The lowest BCUT2D eigenvalue weighted by Crippen LogP contribution is -2.42. The summed E-state index contributed by atoms with van der Waals surface area (Å²) in [5, 5.41) is 9.78. The molecular weight excluding hydrogens is 276 g/mol. The summed E-state index contributed by atoms with van der Waals surface area (Å²) in [5.41, 5.74) is 1.04. The van der Waals surface area contributed by atoms with Gasteiger partial charge < -0.3 is 10.0 Å². The Balaban J connectivity index is 2.66. The maximum Gasteiger partial charge on any atom is 0.236 e. The minimum Gasteiger partial charge on any atom is -0.395 e. The molecular formula is C15H23ClN2O2. The van der Waals surface area contributed by atoms with Crippen LogP contribution >= 0.6 is 11.6 Å². The van der Waals surface area contributed by atoms with E-state index in [9.17, 15) is 4.79 Å². The topological polar surface area (TPSA) is 43.8 Å². The van der Waals surface area contributed by atoms with Gasteiger partial charge in [-0.3, -0.25) is 9.69 Å². The van der Waals surface area contributed by atoms with Gasteiger partial charge in [-0.1, -0.05) is 23.7 Å². The van der Waals surface area contributed by atoms with E-state index in [-0.39, 0.29) is 31.1 Å². The van der Waals surface area contributed by atoms with Gasteiger partial charge in [-0.15, -0.1) is 0 Å². The van der Waals surface area contributed by atoms with E-state index in [0.717, 1.165) is 5.56 Å². The molecule has 0 aliphatic rings. The second-order valence-corrected chi connectivity index (χ2v) is 5.62. The summed E-state index contributed by atoms with van der Waals surface area (Å²) in [5.74, 6) is 0.0234. The zero-order valence-corrected chi connectivity index (χ0v) is 13.3. The lowest BCUT2D eigenvalue weighted by molar-refractivity contribution is -0.133. The molecule has 0 radical (unpaired) electrons. The molecule has 112 valence electrons. The molecule has 0 aliphatic carbocycles. The van der Waals surface area contributed by atoms with Crippen molar-refractivity contribution < 1.29 is 9.90 Å². The number of amides is 1. The van der Waals surface area contributed by atoms with Gasteiger partial charge in [0, 0.05) is 18.1 Å². The summed E-state index contributed by atoms with van der Waals surface area (Å²) in [6.07, 6.45) is 0. The molecule has 20 heavy (non-hydrogen) atoms. The number of hydrogen-bond acceptors (Lipinski definition) is 3. The molecule has 0 bridgehead atoms. The number of halogens is 1. The van der Waals surface area contributed by atoms with Gasteiger partial charge in [-0.25, -0.2) is 0 Å². The number of likely N-dealkylation sites (N-methyl/N-ethyl adjacent to an activating group) is 2. The van der Waals surface area contributed by atoms with Crippen LogP contribution < -0.4 is 0 Å². The highest BCUT2D eigenvalue weighted by Crippen LogP contribution is 2.21. The van der Waals surface area contributed by atoms with Gasteiger partial charge in [-0.05, 0) is 38.6 Å². The van der Waals surface area contributed by atoms with E-state index < -0.39 is 0 Å². The van der Waals surface area contributed by atoms with Crippen LogP contribution in [0.1, 0.15) is 25.5 Å². The quantitative estimate of drug-likeness (QED) is 0.875. The Hall–Kier alpha value is -1.10. The van der Waals surface area contributed by atoms with Crippen LogP contribution in [0.5, 0.6) is 0 Å². The van der Waals surface area contributed by atoms with E-state index in [0.29, 0.717) is 5.02 Å². The molecule has 1 aromatic rings. The molecule has 1 rings (SSSR count). The van der Waals surface area contributed by atoms with Crippen molar-refractivity contribution in [2.45, 2.75) is 25.9 Å². The minimum absolute atomic E-state index is 0.0161. The van der Waals surface area contributed by atoms with Crippen LogP contribution in [0.4, 0.5) is 0 Å². The summed E-state index contributed by atoms with van der Waals surface area (Å²) in [6.45, 7) is 4.20. The van der Waals surface area contributed by atoms with Gasteiger partial charge in [0.15, 0.2) is 0 Å². The number of aliphatic hydroxyl groups excluding tert-OH is 1. The van der Waals surface area contributed by atoms with Crippen LogP contribution in [0.2, 0.25) is 5.02 Å². The first kappa shape index (κ1) is 17.0. The summed E-state index contributed by atoms with van der Waals surface area (Å²) < 4.78 is 0. The van der Waals surface area contributed by atoms with E-state index in [1.807, 2.05) is 50.1 Å². The van der Waals surface area contributed by atoms with Crippen molar-refractivity contribution in [1.29, 1.82) is 0 Å². The number of hydrogen-bond donors (Lipinski definition) is 1. The van der Waals surface area contributed by atoms with Gasteiger partial charge in [0.05, 0.1) is 19.2 Å². The third kappa shape index (κ3) is 4.47. The molecule has 0 aliphatic heterocycles. The Morgan fingerprint density at radius 3 is 2.30 bits per heavy atom. The fraction of sp³-hybridized carbons (Fsp3) is 0.533. The van der Waals surface area contributed by atoms with Gasteiger partial charge in [0.25, 0.3) is 0 Å². The number of carbonyl (C=O) groups is 1. The van der Waals surface area contributed by atoms with Crippen LogP contribution in [0.3, 0.4) is 0 Å². The van der Waals surface area contributed by atoms with Crippen molar-refractivity contribution >= 4 is 17.5 Å². The van der Waals surface area contributed by atoms with Crippen molar-refractivity contribution in [3.63, 3.8) is 0 Å². The van der Waals surface area contributed by atoms with Crippen LogP contribution in [-0.4, -0.2) is 54.1 Å². The van der Waals surface area contributed by atoms with Crippen molar-refractivity contribution in [2.75, 3.05) is 27.2 Å². The van der Waals surface area contributed by atoms with Gasteiger partial charge in [-0.2, -0.15) is 0 Å². The number of rotatable bonds is 6. The zero-order valence-electron chi connectivity index (χ0n) is 12.5. The van der Waals surface area contributed by atoms with E-state index >= 15 is 0 Å². The van der Waals surface area contributed by atoms with Crippen molar-refractivity contribution in [3.8, 4) is 0 Å². The molecule has 0 aromatic heterocycles. The number of nitrogens with zero attached hydrogens (tertiary/aromatic N) is 2. The number of aliphatic hydroxyl groups is 1. The SMILES string of the molecule is CC(CO)N(C)CC(=O)N(C)C(C)c1ccc(Cl)cc1. The normalized spacial score (nSPS) is 14.2. The van der Waals surface area contributed by atoms with Crippen LogP contribution in [0, 0.1) is 0 Å². The fourth-order valence-electron chi connectivity index (χ4n) is 1.80. The van der Waals surface area contributed by atoms with Crippen molar-refractivity contribution in [1.82, 2.24) is 9.80 Å². The Labute approximate surface area is 125 Å². The summed E-state index contributed by atoms with van der Waals surface area (Å²) in [4.78, 5) is 15.8. The van der Waals surface area contributed by atoms with E-state index in [1.54, 1.807) is 11.9 Å². The molecule has 1 aromatic carbocycles. The third-order valence-corrected chi connectivity index (χ3v) is 3.98. The van der Waals surface area contributed by atoms with Gasteiger partial charge in [0.1, 0.15) is 0 Å². The average molecular weight is 299 g/mol. The molecule has 4 nitrogen and oxygen atoms in total. The van der Waals surface area contributed by atoms with Crippen molar-refractivity contribution in [3.05, 3.63) is 34.9 Å². The lowest BCUT2D eigenvalue weighted by atomic mass is 10.1. The molecule has 0 heterocycles. The van der Waals surface area contributed by atoms with Gasteiger partial charge in [0.2, 0.25) is 5.91 Å². The van der Waals surface area contributed by atoms with Crippen LogP contribution in [0.15, 0.2) is 24.3 Å². The Morgan fingerprint density at radius 1 is 1.25 bits per heavy atom. The molecule has 0 spiro atoms. The smallest absolute Gasteiger partial charge is 0.236 e. The van der Waals surface area contributed by atoms with Crippen molar-refractivity contribution in [2.24, 2.45) is 0 Å². The average Bonchev–Trinajstić information content (AvgIpc) is 2.45. The lowest BCUT2D eigenvalue weighted by Gasteiger charge is -2.29. The van der Waals surface area contributed by atoms with E-state index in [4.69, 9.17) is 16.7 Å². The highest BCUT2D eigenvalue weighted by atomic mass is 35.5. The summed E-state index contributed by atoms with van der Waals surface area (Å²) >= 11 is 5.87. The van der Waals surface area contributed by atoms with Gasteiger partial charge >= 0.3 is 0 Å². The third-order valence-electron chi connectivity index (χ3n) is 3.73. The second kappa shape index (κ2) is 7.62. The van der Waals surface area contributed by atoms with Crippen LogP contribution in [-0.2, 0) is 4.79 Å². The zero-order chi connectivity index (χ0) is 15.3. The predicted octanol–water partition coefficient (Wildman–Crippen LogP) is 2.17. The molecule has 0 saturated carbocycles. The largest absolute Gasteiger partial charge is 0.395 e. The Morgan fingerprint density at radius 2 is 1.80 bits per heavy atom. The Bertz CT molecular complexity index is 436. The Kier molecular flexibility index (Phi) is 6.46. The maximum absolute atomic E-state index is 12.2. The fourth-order valence-corrected chi connectivity index (χ4v) is 1.93. The first-order chi connectivity index (χ1) is 9.36. The first-order valence-corrected chi connectivity index (χ1v) is 7.06. The summed E-state index contributed by atoms with van der Waals surface area (Å²) in [6, 6.07) is 7.46. The highest BCUT2D eigenvalue weighted by molar-refractivity contribution is 6.30. The second-order valence-electron chi connectivity index (χ2n) is 5.18. The monoisotopic (exact) mass is 298 g/mol. The minimum atomic E-state index is -0.0295. The predicted molar refractivity (Wildman–Crippen MR) is 81.8 cm³/mol. The number of carbonyl (C=O) groups excluding carboxylic acids is 1. The molecule has 1 amide bonds. The maximum atomic E-state index is 12.2. The first-order valence-electron chi connectivity index (χ1n) is 6.69. The molecule has 0 fully saturated rings. The molecule has 2 atom stereocenters. The highest BCUT2D eigenvalue weighted by Gasteiger charge is 2.20. The van der Waals surface area contributed by atoms with Crippen LogP contribution in [0.25, 0.3) is 0 Å². The molecule has 1 N–H and O–H groups in total. The summed E-state index contributed by atoms with van der Waals surface area (Å²) in [7, 11) is 3.62. The molecule has 0 saturated heterocycles.